The van der Waals surface area contributed by atoms with Gasteiger partial charge in [0.15, 0.2) is 10.8 Å². The second-order valence-electron chi connectivity index (χ2n) is 5.63. The average Bonchev–Trinajstić information content (AvgIpc) is 3.08. The van der Waals surface area contributed by atoms with Crippen LogP contribution in [-0.4, -0.2) is 9.97 Å². The van der Waals surface area contributed by atoms with Gasteiger partial charge in [-0.15, -0.1) is 11.3 Å². The van der Waals surface area contributed by atoms with Gasteiger partial charge < -0.3 is 10.1 Å². The Morgan fingerprint density at radius 3 is 2.74 bits per heavy atom. The maximum atomic E-state index is 12.8. The first-order valence-corrected chi connectivity index (χ1v) is 9.75. The van der Waals surface area contributed by atoms with Crippen LogP contribution in [0.4, 0.5) is 24.0 Å². The van der Waals surface area contributed by atoms with Crippen LogP contribution in [0.5, 0.6) is 11.6 Å². The highest BCUT2D eigenvalue weighted by Crippen LogP contribution is 2.36. The number of halogens is 4. The van der Waals surface area contributed by atoms with Gasteiger partial charge in [0.05, 0.1) is 0 Å². The van der Waals surface area contributed by atoms with Crippen LogP contribution in [0.15, 0.2) is 46.4 Å². The molecule has 0 radical (unpaired) electrons. The van der Waals surface area contributed by atoms with Gasteiger partial charge in [-0.2, -0.15) is 13.2 Å². The lowest BCUT2D eigenvalue weighted by molar-refractivity contribution is -0.140. The summed E-state index contributed by atoms with van der Waals surface area (Å²) in [6.07, 6.45) is -1.12. The minimum atomic E-state index is -4.48. The number of benzene rings is 1. The number of hydrogen-bond donors (Lipinski definition) is 1. The number of hydrogen-bond acceptors (Lipinski definition) is 5. The lowest BCUT2D eigenvalue weighted by Crippen LogP contribution is -2.05. The molecular weight excluding hydrogens is 443 g/mol. The number of rotatable bonds is 6. The average molecular weight is 458 g/mol. The molecule has 27 heavy (non-hydrogen) atoms. The van der Waals surface area contributed by atoms with Crippen molar-refractivity contribution < 1.29 is 17.9 Å². The summed E-state index contributed by atoms with van der Waals surface area (Å²) in [5, 5.41) is 3.94. The van der Waals surface area contributed by atoms with Crippen molar-refractivity contribution in [3.8, 4) is 11.6 Å². The Hall–Kier alpha value is -2.13. The number of ether oxygens (including phenoxy) is 1. The van der Waals surface area contributed by atoms with Crippen LogP contribution in [0.1, 0.15) is 24.6 Å². The number of thiazole rings is 1. The predicted octanol–water partition coefficient (Wildman–Crippen LogP) is 6.81. The Balaban J connectivity index is 1.89. The van der Waals surface area contributed by atoms with E-state index in [0.717, 1.165) is 35.1 Å². The Labute approximate surface area is 166 Å². The zero-order chi connectivity index (χ0) is 19.4. The standard InChI is InChI=1S/C18H15BrF3N3OS/c1-2-5-11-6-3-4-7-14(11)26-16-13(8-12(19)9-23-16)24-17-25-15(10-27-17)18(20,21)22/h3-4,6-10H,2,5H2,1H3,(H,24,25). The van der Waals surface area contributed by atoms with E-state index in [1.54, 1.807) is 12.3 Å². The summed E-state index contributed by atoms with van der Waals surface area (Å²) in [5.74, 6) is 0.915. The molecule has 3 rings (SSSR count). The van der Waals surface area contributed by atoms with E-state index in [1.165, 1.54) is 0 Å². The van der Waals surface area contributed by atoms with Crippen LogP contribution in [0.3, 0.4) is 0 Å². The molecule has 0 amide bonds. The molecule has 4 nitrogen and oxygen atoms in total. The molecule has 0 fully saturated rings. The number of nitrogens with zero attached hydrogens (tertiary/aromatic N) is 2. The van der Waals surface area contributed by atoms with Crippen LogP contribution in [0.25, 0.3) is 0 Å². The monoisotopic (exact) mass is 457 g/mol. The third-order valence-corrected chi connectivity index (χ3v) is 4.74. The minimum Gasteiger partial charge on any atom is -0.437 e. The van der Waals surface area contributed by atoms with Gasteiger partial charge in [-0.25, -0.2) is 9.97 Å². The predicted molar refractivity (Wildman–Crippen MR) is 103 cm³/mol. The normalized spacial score (nSPS) is 11.4. The van der Waals surface area contributed by atoms with Gasteiger partial charge in [0, 0.05) is 16.0 Å². The SMILES string of the molecule is CCCc1ccccc1Oc1ncc(Br)cc1Nc1nc(C(F)(F)F)cs1. The van der Waals surface area contributed by atoms with Crippen LogP contribution in [0.2, 0.25) is 0 Å². The molecule has 0 atom stereocenters. The molecule has 142 valence electrons. The van der Waals surface area contributed by atoms with Gasteiger partial charge in [0.1, 0.15) is 11.4 Å². The van der Waals surface area contributed by atoms with E-state index in [1.807, 2.05) is 24.3 Å². The van der Waals surface area contributed by atoms with Crippen LogP contribution in [-0.2, 0) is 12.6 Å². The molecule has 2 aromatic heterocycles. The number of aromatic nitrogens is 2. The molecule has 0 spiro atoms. The summed E-state index contributed by atoms with van der Waals surface area (Å²) in [6.45, 7) is 2.07. The second kappa shape index (κ2) is 8.26. The molecule has 2 heterocycles. The second-order valence-corrected chi connectivity index (χ2v) is 7.40. The molecule has 3 aromatic rings. The molecule has 0 saturated heterocycles. The van der Waals surface area contributed by atoms with Crippen molar-refractivity contribution in [1.29, 1.82) is 0 Å². The Morgan fingerprint density at radius 1 is 1.26 bits per heavy atom. The van der Waals surface area contributed by atoms with E-state index < -0.39 is 11.9 Å². The van der Waals surface area contributed by atoms with Gasteiger partial charge in [-0.1, -0.05) is 31.5 Å². The fourth-order valence-corrected chi connectivity index (χ4v) is 3.42. The highest BCUT2D eigenvalue weighted by molar-refractivity contribution is 9.10. The molecule has 0 unspecified atom stereocenters. The van der Waals surface area contributed by atoms with E-state index in [0.29, 0.717) is 15.9 Å². The van der Waals surface area contributed by atoms with Gasteiger partial charge >= 0.3 is 6.18 Å². The summed E-state index contributed by atoms with van der Waals surface area (Å²) >= 11 is 4.18. The van der Waals surface area contributed by atoms with E-state index in [-0.39, 0.29) is 11.0 Å². The third-order valence-electron chi connectivity index (χ3n) is 3.55. The van der Waals surface area contributed by atoms with Crippen LogP contribution >= 0.6 is 27.3 Å². The Bertz CT molecular complexity index is 930. The quantitative estimate of drug-likeness (QED) is 0.441. The number of nitrogens with one attached hydrogen (secondary N) is 1. The first kappa shape index (κ1) is 19.6. The highest BCUT2D eigenvalue weighted by Gasteiger charge is 2.33. The summed E-state index contributed by atoms with van der Waals surface area (Å²) in [5.41, 5.74) is 0.511. The number of aryl methyl sites for hydroxylation is 1. The zero-order valence-electron chi connectivity index (χ0n) is 14.2. The number of anilines is 2. The molecule has 0 saturated carbocycles. The summed E-state index contributed by atoms with van der Waals surface area (Å²) in [6, 6.07) is 9.28. The summed E-state index contributed by atoms with van der Waals surface area (Å²) in [7, 11) is 0. The lowest BCUT2D eigenvalue weighted by atomic mass is 10.1. The summed E-state index contributed by atoms with van der Waals surface area (Å²) in [4.78, 5) is 7.83. The van der Waals surface area contributed by atoms with Crippen molar-refractivity contribution in [2.45, 2.75) is 25.9 Å². The maximum absolute atomic E-state index is 12.8. The fraction of sp³-hybridized carbons (Fsp3) is 0.222. The van der Waals surface area contributed by atoms with E-state index in [2.05, 4.69) is 38.1 Å². The van der Waals surface area contributed by atoms with Crippen LogP contribution in [0, 0.1) is 0 Å². The largest absolute Gasteiger partial charge is 0.437 e. The molecule has 1 N–H and O–H groups in total. The van der Waals surface area contributed by atoms with Crippen molar-refractivity contribution in [1.82, 2.24) is 9.97 Å². The molecule has 0 aliphatic carbocycles. The smallest absolute Gasteiger partial charge is 0.434 e. The van der Waals surface area contributed by atoms with E-state index >= 15 is 0 Å². The topological polar surface area (TPSA) is 47.0 Å². The van der Waals surface area contributed by atoms with Gasteiger partial charge in [-0.05, 0) is 40.0 Å². The van der Waals surface area contributed by atoms with Gasteiger partial charge in [0.2, 0.25) is 5.88 Å². The van der Waals surface area contributed by atoms with Crippen molar-refractivity contribution >= 4 is 38.1 Å². The molecule has 0 aliphatic rings. The van der Waals surface area contributed by atoms with Crippen molar-refractivity contribution in [2.75, 3.05) is 5.32 Å². The fourth-order valence-electron chi connectivity index (χ4n) is 2.36. The Morgan fingerprint density at radius 2 is 2.04 bits per heavy atom. The van der Waals surface area contributed by atoms with Crippen molar-refractivity contribution in [3.05, 3.63) is 57.6 Å². The molecular formula is C18H15BrF3N3OS. The van der Waals surface area contributed by atoms with Crippen molar-refractivity contribution in [2.24, 2.45) is 0 Å². The molecule has 9 heteroatoms. The first-order valence-electron chi connectivity index (χ1n) is 8.08. The first-order chi connectivity index (χ1) is 12.9. The maximum Gasteiger partial charge on any atom is 0.434 e. The Kier molecular flexibility index (Phi) is 6.01. The van der Waals surface area contributed by atoms with E-state index in [4.69, 9.17) is 4.74 Å². The van der Waals surface area contributed by atoms with Crippen LogP contribution < -0.4 is 10.1 Å². The molecule has 0 aliphatic heterocycles. The minimum absolute atomic E-state index is 0.105. The van der Waals surface area contributed by atoms with Crippen molar-refractivity contribution in [3.63, 3.8) is 0 Å². The van der Waals surface area contributed by atoms with Gasteiger partial charge in [0.25, 0.3) is 0 Å². The van der Waals surface area contributed by atoms with Gasteiger partial charge in [-0.3, -0.25) is 0 Å². The van der Waals surface area contributed by atoms with E-state index in [9.17, 15) is 13.2 Å². The third kappa shape index (κ3) is 4.98. The zero-order valence-corrected chi connectivity index (χ0v) is 16.6. The number of para-hydroxylation sites is 1. The summed E-state index contributed by atoms with van der Waals surface area (Å²) < 4.78 is 44.9. The lowest BCUT2D eigenvalue weighted by Gasteiger charge is -2.13. The molecule has 0 bridgehead atoms. The number of alkyl halides is 3. The molecule has 1 aromatic carbocycles. The highest BCUT2D eigenvalue weighted by atomic mass is 79.9. The number of pyridine rings is 1.